The Balaban J connectivity index is 1.67. The van der Waals surface area contributed by atoms with Crippen LogP contribution >= 0.6 is 0 Å². The summed E-state index contributed by atoms with van der Waals surface area (Å²) in [4.78, 5) is 30.8. The van der Waals surface area contributed by atoms with Gasteiger partial charge in [-0.25, -0.2) is 4.79 Å². The Bertz CT molecular complexity index is 893. The summed E-state index contributed by atoms with van der Waals surface area (Å²) in [5.41, 5.74) is -1.96. The lowest BCUT2D eigenvalue weighted by atomic mass is 9.88. The summed E-state index contributed by atoms with van der Waals surface area (Å²) in [5.74, 6) is 0.0261. The summed E-state index contributed by atoms with van der Waals surface area (Å²) in [6.45, 7) is 6.02. The summed E-state index contributed by atoms with van der Waals surface area (Å²) in [7, 11) is 0. The predicted molar refractivity (Wildman–Crippen MR) is 106 cm³/mol. The largest absolute Gasteiger partial charge is 0.444 e. The van der Waals surface area contributed by atoms with Crippen LogP contribution in [0.2, 0.25) is 0 Å². The predicted octanol–water partition coefficient (Wildman–Crippen LogP) is 4.02. The number of rotatable bonds is 2. The average molecular weight is 423 g/mol. The topological polar surface area (TPSA) is 71.0 Å². The van der Waals surface area contributed by atoms with Crippen LogP contribution in [0.3, 0.4) is 0 Å². The molecular weight excluding hydrogens is 399 g/mol. The number of ether oxygens (including phenoxy) is 1. The van der Waals surface area contributed by atoms with E-state index in [9.17, 15) is 22.8 Å². The molecule has 2 amide bonds. The first-order valence-corrected chi connectivity index (χ1v) is 9.63. The molecule has 0 aliphatic carbocycles. The van der Waals surface area contributed by atoms with Gasteiger partial charge in [0.25, 0.3) is 5.91 Å². The Morgan fingerprint density at radius 2 is 1.87 bits per heavy atom. The number of amides is 2. The smallest absolute Gasteiger partial charge is 0.416 e. The Kier molecular flexibility index (Phi) is 5.66. The number of hydrogen-bond acceptors (Lipinski definition) is 4. The monoisotopic (exact) mass is 423 g/mol. The van der Waals surface area contributed by atoms with Gasteiger partial charge in [-0.1, -0.05) is 18.2 Å². The maximum atomic E-state index is 12.8. The second-order valence-corrected chi connectivity index (χ2v) is 8.41. The molecule has 1 saturated heterocycles. The molecule has 30 heavy (non-hydrogen) atoms. The third-order valence-corrected chi connectivity index (χ3v) is 4.89. The van der Waals surface area contributed by atoms with E-state index in [-0.39, 0.29) is 5.91 Å². The standard InChI is InChI=1S/C21H24F3N3O3/c1-19(2,3)30-18(29)27-11-9-20(10-12-27)17(28)25-16(26-20)8-7-14-5-4-6-15(13-14)21(22,23)24/h4-8,13H,9-12H2,1-3H3,(H,25,26,28)/b8-7+. The molecule has 0 atom stereocenters. The van der Waals surface area contributed by atoms with E-state index >= 15 is 0 Å². The number of piperidine rings is 1. The summed E-state index contributed by atoms with van der Waals surface area (Å²) in [5, 5.41) is 2.68. The van der Waals surface area contributed by atoms with E-state index in [0.717, 1.165) is 12.1 Å². The van der Waals surface area contributed by atoms with Gasteiger partial charge in [0.15, 0.2) is 0 Å². The zero-order valence-corrected chi connectivity index (χ0v) is 17.0. The number of benzene rings is 1. The maximum Gasteiger partial charge on any atom is 0.416 e. The van der Waals surface area contributed by atoms with Crippen LogP contribution in [-0.2, 0) is 15.7 Å². The van der Waals surface area contributed by atoms with Gasteiger partial charge >= 0.3 is 12.3 Å². The molecule has 9 heteroatoms. The maximum absolute atomic E-state index is 12.8. The Hall–Kier alpha value is -2.84. The van der Waals surface area contributed by atoms with Crippen molar-refractivity contribution in [2.75, 3.05) is 13.1 Å². The lowest BCUT2D eigenvalue weighted by Gasteiger charge is -2.36. The number of carbonyl (C=O) groups excluding carboxylic acids is 2. The Morgan fingerprint density at radius 3 is 2.47 bits per heavy atom. The van der Waals surface area contributed by atoms with Crippen molar-refractivity contribution in [2.24, 2.45) is 4.99 Å². The van der Waals surface area contributed by atoms with Gasteiger partial charge in [0, 0.05) is 13.1 Å². The van der Waals surface area contributed by atoms with Crippen molar-refractivity contribution in [3.8, 4) is 0 Å². The van der Waals surface area contributed by atoms with Crippen molar-refractivity contribution in [2.45, 2.75) is 50.9 Å². The molecule has 1 spiro atoms. The number of nitrogens with zero attached hydrogens (tertiary/aromatic N) is 2. The van der Waals surface area contributed by atoms with Crippen molar-refractivity contribution in [1.82, 2.24) is 10.2 Å². The van der Waals surface area contributed by atoms with Gasteiger partial charge in [-0.2, -0.15) is 13.2 Å². The number of likely N-dealkylation sites (tertiary alicyclic amines) is 1. The Morgan fingerprint density at radius 1 is 1.20 bits per heavy atom. The zero-order chi connectivity index (χ0) is 22.2. The van der Waals surface area contributed by atoms with Crippen LogP contribution in [0.15, 0.2) is 35.3 Å². The fourth-order valence-electron chi connectivity index (χ4n) is 3.34. The van der Waals surface area contributed by atoms with Gasteiger partial charge in [-0.05, 0) is 57.4 Å². The summed E-state index contributed by atoms with van der Waals surface area (Å²) >= 11 is 0. The molecule has 2 heterocycles. The van der Waals surface area contributed by atoms with E-state index in [0.29, 0.717) is 37.3 Å². The van der Waals surface area contributed by atoms with Crippen LogP contribution in [0.5, 0.6) is 0 Å². The van der Waals surface area contributed by atoms with E-state index in [1.54, 1.807) is 25.7 Å². The molecule has 162 valence electrons. The van der Waals surface area contributed by atoms with Gasteiger partial charge in [0.2, 0.25) is 0 Å². The third-order valence-electron chi connectivity index (χ3n) is 4.89. The van der Waals surface area contributed by atoms with E-state index in [4.69, 9.17) is 4.74 Å². The molecule has 1 fully saturated rings. The quantitative estimate of drug-likeness (QED) is 0.781. The molecule has 6 nitrogen and oxygen atoms in total. The minimum atomic E-state index is -4.42. The first kappa shape index (κ1) is 21.9. The molecule has 0 saturated carbocycles. The number of amidine groups is 1. The van der Waals surface area contributed by atoms with Crippen LogP contribution in [-0.4, -0.2) is 47.0 Å². The summed E-state index contributed by atoms with van der Waals surface area (Å²) < 4.78 is 43.9. The normalized spacial score (nSPS) is 19.2. The highest BCUT2D eigenvalue weighted by atomic mass is 19.4. The molecule has 2 aliphatic rings. The molecular formula is C21H24F3N3O3. The minimum Gasteiger partial charge on any atom is -0.444 e. The number of carbonyl (C=O) groups is 2. The fraction of sp³-hybridized carbons (Fsp3) is 0.476. The molecule has 0 radical (unpaired) electrons. The van der Waals surface area contributed by atoms with E-state index < -0.39 is 29.0 Å². The van der Waals surface area contributed by atoms with Crippen LogP contribution in [0, 0.1) is 0 Å². The van der Waals surface area contributed by atoms with Gasteiger partial charge in [0.1, 0.15) is 17.0 Å². The number of nitrogens with one attached hydrogen (secondary N) is 1. The fourth-order valence-corrected chi connectivity index (χ4v) is 3.34. The van der Waals surface area contributed by atoms with Crippen molar-refractivity contribution in [3.63, 3.8) is 0 Å². The number of aliphatic imine (C=N–C) groups is 1. The first-order valence-electron chi connectivity index (χ1n) is 9.63. The SMILES string of the molecule is CC(C)(C)OC(=O)N1CCC2(CC1)N=C(/C=C/c1cccc(C(F)(F)F)c1)NC2=O. The number of halogens is 3. The summed E-state index contributed by atoms with van der Waals surface area (Å²) in [6.07, 6.45) is -1.19. The molecule has 0 aromatic heterocycles. The first-order chi connectivity index (χ1) is 13.9. The number of hydrogen-bond donors (Lipinski definition) is 1. The van der Waals surface area contributed by atoms with Crippen LogP contribution in [0.1, 0.15) is 44.7 Å². The van der Waals surface area contributed by atoms with Gasteiger partial charge in [0.05, 0.1) is 5.56 Å². The van der Waals surface area contributed by atoms with Crippen molar-refractivity contribution < 1.29 is 27.5 Å². The van der Waals surface area contributed by atoms with Crippen molar-refractivity contribution in [1.29, 1.82) is 0 Å². The highest BCUT2D eigenvalue weighted by Gasteiger charge is 2.46. The van der Waals surface area contributed by atoms with Gasteiger partial charge in [-0.3, -0.25) is 9.79 Å². The van der Waals surface area contributed by atoms with Crippen LogP contribution in [0.25, 0.3) is 6.08 Å². The van der Waals surface area contributed by atoms with Crippen LogP contribution in [0.4, 0.5) is 18.0 Å². The zero-order valence-electron chi connectivity index (χ0n) is 17.0. The lowest BCUT2D eigenvalue weighted by Crippen LogP contribution is -2.51. The Labute approximate surface area is 172 Å². The van der Waals surface area contributed by atoms with Gasteiger partial charge < -0.3 is 15.0 Å². The number of alkyl halides is 3. The molecule has 0 unspecified atom stereocenters. The molecule has 1 N–H and O–H groups in total. The highest BCUT2D eigenvalue weighted by molar-refractivity contribution is 6.14. The van der Waals surface area contributed by atoms with E-state index in [1.807, 2.05) is 0 Å². The van der Waals surface area contributed by atoms with Crippen LogP contribution < -0.4 is 5.32 Å². The minimum absolute atomic E-state index is 0.268. The van der Waals surface area contributed by atoms with Crippen molar-refractivity contribution >= 4 is 23.9 Å². The third kappa shape index (κ3) is 5.01. The van der Waals surface area contributed by atoms with Gasteiger partial charge in [-0.15, -0.1) is 0 Å². The molecule has 1 aromatic rings. The van der Waals surface area contributed by atoms with E-state index in [1.165, 1.54) is 24.3 Å². The molecule has 3 rings (SSSR count). The molecule has 1 aromatic carbocycles. The second kappa shape index (κ2) is 7.77. The lowest BCUT2D eigenvalue weighted by molar-refractivity contribution is -0.137. The average Bonchev–Trinajstić information content (AvgIpc) is 2.94. The molecule has 0 bridgehead atoms. The highest BCUT2D eigenvalue weighted by Crippen LogP contribution is 2.32. The van der Waals surface area contributed by atoms with Crippen molar-refractivity contribution in [3.05, 3.63) is 41.5 Å². The molecule has 2 aliphatic heterocycles. The summed E-state index contributed by atoms with van der Waals surface area (Å²) in [6, 6.07) is 4.89. The second-order valence-electron chi connectivity index (χ2n) is 8.41. The van der Waals surface area contributed by atoms with E-state index in [2.05, 4.69) is 10.3 Å².